The first-order chi connectivity index (χ1) is 9.19. The van der Waals surface area contributed by atoms with Gasteiger partial charge in [0.2, 0.25) is 0 Å². The number of aryl methyl sites for hydroxylation is 1. The Bertz CT molecular complexity index is 489. The van der Waals surface area contributed by atoms with E-state index in [-0.39, 0.29) is 6.61 Å². The van der Waals surface area contributed by atoms with Gasteiger partial charge in [-0.3, -0.25) is 0 Å². The van der Waals surface area contributed by atoms with Crippen molar-refractivity contribution >= 4 is 5.82 Å². The molecule has 0 amide bonds. The van der Waals surface area contributed by atoms with Gasteiger partial charge in [-0.25, -0.2) is 0 Å². The van der Waals surface area contributed by atoms with Crippen LogP contribution in [-0.4, -0.2) is 34.5 Å². The highest BCUT2D eigenvalue weighted by molar-refractivity contribution is 5.58. The van der Waals surface area contributed by atoms with Crippen LogP contribution < -0.4 is 4.90 Å². The molecule has 19 heavy (non-hydrogen) atoms. The Morgan fingerprint density at radius 2 is 2.00 bits per heavy atom. The second kappa shape index (κ2) is 5.98. The lowest BCUT2D eigenvalue weighted by Crippen LogP contribution is -2.37. The molecule has 5 heteroatoms. The predicted molar refractivity (Wildman–Crippen MR) is 72.9 cm³/mol. The number of hydrogen-bond acceptors (Lipinski definition) is 5. The maximum Gasteiger partial charge on any atom is 0.169 e. The number of nitriles is 1. The minimum Gasteiger partial charge on any atom is -0.395 e. The van der Waals surface area contributed by atoms with E-state index in [9.17, 15) is 10.4 Å². The molecule has 2 rings (SSSR count). The molecule has 1 aromatic rings. The van der Waals surface area contributed by atoms with Crippen molar-refractivity contribution < 1.29 is 5.11 Å². The van der Waals surface area contributed by atoms with Gasteiger partial charge in [0.1, 0.15) is 11.6 Å². The Kier molecular flexibility index (Phi) is 4.33. The molecule has 1 heterocycles. The largest absolute Gasteiger partial charge is 0.395 e. The van der Waals surface area contributed by atoms with Crippen molar-refractivity contribution in [3.8, 4) is 6.07 Å². The monoisotopic (exact) mass is 260 g/mol. The van der Waals surface area contributed by atoms with E-state index in [1.54, 1.807) is 0 Å². The number of aromatic nitrogens is 2. The number of anilines is 1. The lowest BCUT2D eigenvalue weighted by Gasteiger charge is -2.30. The van der Waals surface area contributed by atoms with E-state index >= 15 is 0 Å². The van der Waals surface area contributed by atoms with Crippen molar-refractivity contribution in [2.24, 2.45) is 0 Å². The Morgan fingerprint density at radius 3 is 2.58 bits per heavy atom. The van der Waals surface area contributed by atoms with E-state index in [1.165, 1.54) is 12.8 Å². The average Bonchev–Trinajstić information content (AvgIpc) is 2.93. The summed E-state index contributed by atoms with van der Waals surface area (Å²) in [5.41, 5.74) is 2.26. The first-order valence-corrected chi connectivity index (χ1v) is 6.80. The molecule has 0 atom stereocenters. The van der Waals surface area contributed by atoms with Gasteiger partial charge in [-0.05, 0) is 32.3 Å². The molecule has 0 spiro atoms. The zero-order valence-corrected chi connectivity index (χ0v) is 11.6. The van der Waals surface area contributed by atoms with Gasteiger partial charge in [0.25, 0.3) is 0 Å². The molecule has 0 aromatic carbocycles. The topological polar surface area (TPSA) is 73.0 Å². The summed E-state index contributed by atoms with van der Waals surface area (Å²) in [6, 6.07) is 2.61. The van der Waals surface area contributed by atoms with E-state index in [0.29, 0.717) is 24.0 Å². The van der Waals surface area contributed by atoms with Crippen LogP contribution in [0.3, 0.4) is 0 Å². The van der Waals surface area contributed by atoms with E-state index < -0.39 is 0 Å². The summed E-state index contributed by atoms with van der Waals surface area (Å²) in [6.07, 6.45) is 4.60. The highest BCUT2D eigenvalue weighted by Gasteiger charge is 2.26. The molecular formula is C14H20N4O. The molecule has 0 aliphatic heterocycles. The third-order valence-corrected chi connectivity index (χ3v) is 3.93. The molecule has 0 saturated heterocycles. The average molecular weight is 260 g/mol. The van der Waals surface area contributed by atoms with Crippen LogP contribution in [0.5, 0.6) is 0 Å². The SMILES string of the molecule is Cc1nnc(N(CCO)C2CCCC2)c(C#N)c1C. The Labute approximate surface area is 113 Å². The summed E-state index contributed by atoms with van der Waals surface area (Å²) in [7, 11) is 0. The summed E-state index contributed by atoms with van der Waals surface area (Å²) in [6.45, 7) is 4.34. The maximum atomic E-state index is 9.38. The molecule has 1 N–H and O–H groups in total. The van der Waals surface area contributed by atoms with Crippen LogP contribution in [0.2, 0.25) is 0 Å². The fourth-order valence-electron chi connectivity index (χ4n) is 2.72. The number of nitrogens with zero attached hydrogens (tertiary/aromatic N) is 4. The fourth-order valence-corrected chi connectivity index (χ4v) is 2.72. The van der Waals surface area contributed by atoms with E-state index in [1.807, 2.05) is 13.8 Å². The summed E-state index contributed by atoms with van der Waals surface area (Å²) < 4.78 is 0. The van der Waals surface area contributed by atoms with E-state index in [4.69, 9.17) is 0 Å². The van der Waals surface area contributed by atoms with Gasteiger partial charge < -0.3 is 10.0 Å². The van der Waals surface area contributed by atoms with Crippen LogP contribution in [0, 0.1) is 25.2 Å². The zero-order valence-electron chi connectivity index (χ0n) is 11.6. The Balaban J connectivity index is 2.41. The first-order valence-electron chi connectivity index (χ1n) is 6.80. The minimum absolute atomic E-state index is 0.0654. The van der Waals surface area contributed by atoms with Gasteiger partial charge in [0, 0.05) is 12.6 Å². The fraction of sp³-hybridized carbons (Fsp3) is 0.643. The lowest BCUT2D eigenvalue weighted by molar-refractivity contribution is 0.296. The standard InChI is InChI=1S/C14H20N4O/c1-10-11(2)16-17-14(13(10)9-15)18(7-8-19)12-5-3-4-6-12/h12,19H,3-8H2,1-2H3. The normalized spacial score (nSPS) is 15.5. The molecule has 1 aliphatic carbocycles. The smallest absolute Gasteiger partial charge is 0.169 e. The highest BCUT2D eigenvalue weighted by atomic mass is 16.3. The van der Waals surface area contributed by atoms with Gasteiger partial charge in [-0.15, -0.1) is 5.10 Å². The van der Waals surface area contributed by atoms with Gasteiger partial charge >= 0.3 is 0 Å². The summed E-state index contributed by atoms with van der Waals surface area (Å²) >= 11 is 0. The molecule has 0 bridgehead atoms. The second-order valence-corrected chi connectivity index (χ2v) is 5.08. The van der Waals surface area contributed by atoms with Gasteiger partial charge in [0.15, 0.2) is 5.82 Å². The van der Waals surface area contributed by atoms with Crippen LogP contribution in [0.15, 0.2) is 0 Å². The quantitative estimate of drug-likeness (QED) is 0.892. The maximum absolute atomic E-state index is 9.38. The van der Waals surface area contributed by atoms with Crippen molar-refractivity contribution in [3.05, 3.63) is 16.8 Å². The lowest BCUT2D eigenvalue weighted by atomic mass is 10.1. The summed E-state index contributed by atoms with van der Waals surface area (Å²) in [5.74, 6) is 0.631. The molecule has 0 radical (unpaired) electrons. The van der Waals surface area contributed by atoms with Crippen LogP contribution in [0.25, 0.3) is 0 Å². The van der Waals surface area contributed by atoms with Gasteiger partial charge in [-0.1, -0.05) is 12.8 Å². The predicted octanol–water partition coefficient (Wildman–Crippen LogP) is 1.71. The second-order valence-electron chi connectivity index (χ2n) is 5.08. The van der Waals surface area contributed by atoms with Crippen LogP contribution >= 0.6 is 0 Å². The van der Waals surface area contributed by atoms with Crippen LogP contribution in [-0.2, 0) is 0 Å². The first kappa shape index (κ1) is 13.8. The summed E-state index contributed by atoms with van der Waals surface area (Å²) in [5, 5.41) is 27.0. The molecule has 1 aliphatic rings. The number of rotatable bonds is 4. The summed E-state index contributed by atoms with van der Waals surface area (Å²) in [4.78, 5) is 2.06. The van der Waals surface area contributed by atoms with Crippen LogP contribution in [0.1, 0.15) is 42.5 Å². The minimum atomic E-state index is 0.0654. The highest BCUT2D eigenvalue weighted by Crippen LogP contribution is 2.29. The number of aliphatic hydroxyl groups is 1. The molecule has 1 fully saturated rings. The van der Waals surface area contributed by atoms with Crippen molar-refractivity contribution in [1.29, 1.82) is 5.26 Å². The van der Waals surface area contributed by atoms with E-state index in [2.05, 4.69) is 21.2 Å². The number of aliphatic hydroxyl groups excluding tert-OH is 1. The Hall–Kier alpha value is -1.67. The van der Waals surface area contributed by atoms with Crippen molar-refractivity contribution in [1.82, 2.24) is 10.2 Å². The van der Waals surface area contributed by atoms with Crippen molar-refractivity contribution in [3.63, 3.8) is 0 Å². The van der Waals surface area contributed by atoms with E-state index in [0.717, 1.165) is 24.1 Å². The molecule has 1 saturated carbocycles. The van der Waals surface area contributed by atoms with Crippen molar-refractivity contribution in [2.75, 3.05) is 18.1 Å². The molecule has 0 unspecified atom stereocenters. The van der Waals surface area contributed by atoms with Crippen molar-refractivity contribution in [2.45, 2.75) is 45.6 Å². The Morgan fingerprint density at radius 1 is 1.32 bits per heavy atom. The third kappa shape index (κ3) is 2.69. The van der Waals surface area contributed by atoms with Gasteiger partial charge in [-0.2, -0.15) is 10.4 Å². The van der Waals surface area contributed by atoms with Gasteiger partial charge in [0.05, 0.1) is 12.3 Å². The molecule has 5 nitrogen and oxygen atoms in total. The number of hydrogen-bond donors (Lipinski definition) is 1. The molecule has 102 valence electrons. The van der Waals surface area contributed by atoms with Crippen LogP contribution in [0.4, 0.5) is 5.82 Å². The third-order valence-electron chi connectivity index (χ3n) is 3.93. The zero-order chi connectivity index (χ0) is 13.8. The molecule has 1 aromatic heterocycles. The molecular weight excluding hydrogens is 240 g/mol.